The Kier molecular flexibility index (Phi) is 4.11. The summed E-state index contributed by atoms with van der Waals surface area (Å²) in [6.07, 6.45) is 0.947. The van der Waals surface area contributed by atoms with Crippen molar-refractivity contribution in [2.75, 3.05) is 19.6 Å². The molecule has 27 heavy (non-hydrogen) atoms. The van der Waals surface area contributed by atoms with Crippen molar-refractivity contribution >= 4 is 17.1 Å². The van der Waals surface area contributed by atoms with E-state index in [-0.39, 0.29) is 35.7 Å². The topological polar surface area (TPSA) is 108 Å². The molecule has 0 aliphatic carbocycles. The molecule has 2 aliphatic rings. The lowest BCUT2D eigenvalue weighted by Gasteiger charge is -2.36. The Bertz CT molecular complexity index is 987. The first-order valence-electron chi connectivity index (χ1n) is 8.61. The number of β-amino-alcohol motifs (C(OH)–C–C–N with tert-alkyl or cyclic N) is 1. The first-order chi connectivity index (χ1) is 12.8. The molecule has 1 saturated heterocycles. The second kappa shape index (κ2) is 6.24. The van der Waals surface area contributed by atoms with E-state index in [9.17, 15) is 23.5 Å². The fourth-order valence-corrected chi connectivity index (χ4v) is 4.13. The van der Waals surface area contributed by atoms with E-state index < -0.39 is 28.9 Å². The van der Waals surface area contributed by atoms with Crippen LogP contribution in [0.4, 0.5) is 13.6 Å². The summed E-state index contributed by atoms with van der Waals surface area (Å²) in [4.78, 5) is 28.6. The Morgan fingerprint density at radius 2 is 2.04 bits per heavy atom. The summed E-state index contributed by atoms with van der Waals surface area (Å²) in [5.41, 5.74) is -2.43. The average molecular weight is 380 g/mol. The third-order valence-electron chi connectivity index (χ3n) is 5.30. The van der Waals surface area contributed by atoms with Crippen molar-refractivity contribution in [1.29, 1.82) is 0 Å². The van der Waals surface area contributed by atoms with Gasteiger partial charge in [0, 0.05) is 31.7 Å². The summed E-state index contributed by atoms with van der Waals surface area (Å²) in [7, 11) is 0. The van der Waals surface area contributed by atoms with Gasteiger partial charge in [-0.2, -0.15) is 0 Å². The first-order valence-corrected chi connectivity index (χ1v) is 8.61. The molecule has 0 aromatic carbocycles. The van der Waals surface area contributed by atoms with E-state index in [1.54, 1.807) is 0 Å². The number of hydrogen-bond donors (Lipinski definition) is 3. The maximum Gasteiger partial charge on any atom is 0.404 e. The number of carbonyl (C=O) groups is 1. The van der Waals surface area contributed by atoms with Crippen LogP contribution in [0.15, 0.2) is 17.1 Å². The largest absolute Gasteiger partial charge is 0.465 e. The SMILES string of the molecule is O=C(O)NC1CCN(CC2(O)Cn3c(=O)c(F)cc4ncc(F)c2c43)CC1. The van der Waals surface area contributed by atoms with Crippen molar-refractivity contribution in [3.05, 3.63) is 39.8 Å². The number of halogens is 2. The molecule has 1 atom stereocenters. The van der Waals surface area contributed by atoms with Gasteiger partial charge in [-0.3, -0.25) is 14.7 Å². The molecule has 2 aromatic rings. The number of hydrogen-bond acceptors (Lipinski definition) is 5. The maximum absolute atomic E-state index is 14.5. The number of carboxylic acid groups (broad SMARTS) is 1. The van der Waals surface area contributed by atoms with Gasteiger partial charge in [-0.15, -0.1) is 0 Å². The first kappa shape index (κ1) is 17.8. The lowest BCUT2D eigenvalue weighted by molar-refractivity contribution is -0.0159. The molecule has 3 N–H and O–H groups in total. The Balaban J connectivity index is 1.63. The zero-order chi connectivity index (χ0) is 19.3. The number of aliphatic hydroxyl groups is 1. The molecular weight excluding hydrogens is 362 g/mol. The van der Waals surface area contributed by atoms with Crippen LogP contribution in [0.5, 0.6) is 0 Å². The van der Waals surface area contributed by atoms with Crippen molar-refractivity contribution < 1.29 is 23.8 Å². The molecule has 4 rings (SSSR count). The minimum Gasteiger partial charge on any atom is -0.465 e. The minimum atomic E-state index is -1.70. The third kappa shape index (κ3) is 2.94. The summed E-state index contributed by atoms with van der Waals surface area (Å²) in [6.45, 7) is 0.794. The van der Waals surface area contributed by atoms with Gasteiger partial charge in [0.05, 0.1) is 29.3 Å². The van der Waals surface area contributed by atoms with Gasteiger partial charge in [0.1, 0.15) is 11.4 Å². The Hall–Kier alpha value is -2.59. The molecule has 1 amide bonds. The summed E-state index contributed by atoms with van der Waals surface area (Å²) in [5.74, 6) is -1.75. The van der Waals surface area contributed by atoms with Crippen molar-refractivity contribution in [2.24, 2.45) is 0 Å². The van der Waals surface area contributed by atoms with Gasteiger partial charge in [-0.1, -0.05) is 0 Å². The number of nitrogens with one attached hydrogen (secondary N) is 1. The number of pyridine rings is 2. The zero-order valence-corrected chi connectivity index (χ0v) is 14.3. The summed E-state index contributed by atoms with van der Waals surface area (Å²) in [5, 5.41) is 22.4. The second-order valence-corrected chi connectivity index (χ2v) is 7.13. The monoisotopic (exact) mass is 380 g/mol. The van der Waals surface area contributed by atoms with Gasteiger partial charge in [0.2, 0.25) is 0 Å². The maximum atomic E-state index is 14.5. The van der Waals surface area contributed by atoms with E-state index in [0.29, 0.717) is 25.9 Å². The molecule has 144 valence electrons. The molecule has 10 heteroatoms. The number of rotatable bonds is 3. The molecule has 0 bridgehead atoms. The van der Waals surface area contributed by atoms with E-state index in [2.05, 4.69) is 10.3 Å². The van der Waals surface area contributed by atoms with Crippen LogP contribution in [0, 0.1) is 11.6 Å². The van der Waals surface area contributed by atoms with Crippen LogP contribution in [0.25, 0.3) is 11.0 Å². The molecule has 4 heterocycles. The zero-order valence-electron chi connectivity index (χ0n) is 14.3. The van der Waals surface area contributed by atoms with E-state index in [1.807, 2.05) is 4.90 Å². The highest BCUT2D eigenvalue weighted by Gasteiger charge is 2.43. The molecule has 0 saturated carbocycles. The van der Waals surface area contributed by atoms with Crippen LogP contribution in [0.3, 0.4) is 0 Å². The Labute approximate surface area is 152 Å². The van der Waals surface area contributed by atoms with E-state index in [1.165, 1.54) is 0 Å². The van der Waals surface area contributed by atoms with Crippen LogP contribution < -0.4 is 10.9 Å². The number of piperidine rings is 1. The van der Waals surface area contributed by atoms with E-state index >= 15 is 0 Å². The summed E-state index contributed by atoms with van der Waals surface area (Å²) in [6, 6.07) is 0.779. The molecule has 2 aliphatic heterocycles. The molecule has 1 fully saturated rings. The number of amides is 1. The number of nitrogens with zero attached hydrogens (tertiary/aromatic N) is 3. The van der Waals surface area contributed by atoms with Gasteiger partial charge in [0.25, 0.3) is 5.56 Å². The minimum absolute atomic E-state index is 0.0459. The van der Waals surface area contributed by atoms with Crippen LogP contribution >= 0.6 is 0 Å². The van der Waals surface area contributed by atoms with Gasteiger partial charge in [-0.25, -0.2) is 13.6 Å². The number of aromatic nitrogens is 2. The molecule has 2 aromatic heterocycles. The molecular formula is C17H18F2N4O4. The molecule has 0 radical (unpaired) electrons. The smallest absolute Gasteiger partial charge is 0.404 e. The Morgan fingerprint density at radius 1 is 1.33 bits per heavy atom. The Morgan fingerprint density at radius 3 is 2.70 bits per heavy atom. The second-order valence-electron chi connectivity index (χ2n) is 7.13. The molecule has 8 nitrogen and oxygen atoms in total. The third-order valence-corrected chi connectivity index (χ3v) is 5.30. The molecule has 0 spiro atoms. The predicted molar refractivity (Wildman–Crippen MR) is 90.4 cm³/mol. The van der Waals surface area contributed by atoms with Crippen molar-refractivity contribution in [2.45, 2.75) is 31.0 Å². The van der Waals surface area contributed by atoms with Crippen LogP contribution in [0.1, 0.15) is 18.4 Å². The fourth-order valence-electron chi connectivity index (χ4n) is 4.13. The van der Waals surface area contributed by atoms with Crippen molar-refractivity contribution in [3.63, 3.8) is 0 Å². The fraction of sp³-hybridized carbons (Fsp3) is 0.471. The highest BCUT2D eigenvalue weighted by atomic mass is 19.1. The lowest BCUT2D eigenvalue weighted by Crippen LogP contribution is -2.49. The summed E-state index contributed by atoms with van der Waals surface area (Å²) < 4.78 is 29.4. The normalized spacial score (nSPS) is 23.1. The highest BCUT2D eigenvalue weighted by Crippen LogP contribution is 2.38. The van der Waals surface area contributed by atoms with Gasteiger partial charge in [0.15, 0.2) is 5.82 Å². The van der Waals surface area contributed by atoms with Crippen LogP contribution in [0.2, 0.25) is 0 Å². The number of likely N-dealkylation sites (tertiary alicyclic amines) is 1. The lowest BCUT2D eigenvalue weighted by atomic mass is 9.93. The highest BCUT2D eigenvalue weighted by molar-refractivity contribution is 5.81. The van der Waals surface area contributed by atoms with Gasteiger partial charge >= 0.3 is 6.09 Å². The van der Waals surface area contributed by atoms with Crippen LogP contribution in [-0.2, 0) is 12.1 Å². The van der Waals surface area contributed by atoms with Crippen molar-refractivity contribution in [3.8, 4) is 0 Å². The molecule has 1 unspecified atom stereocenters. The van der Waals surface area contributed by atoms with Crippen molar-refractivity contribution in [1.82, 2.24) is 19.8 Å². The van der Waals surface area contributed by atoms with Gasteiger partial charge < -0.3 is 20.1 Å². The van der Waals surface area contributed by atoms with E-state index in [4.69, 9.17) is 5.11 Å². The standard InChI is InChI=1S/C17H18F2N4O4/c18-10-5-12-14-13(11(19)6-20-12)17(27,8-23(14)15(10)24)7-22-3-1-9(2-4-22)21-16(25)26/h5-6,9,21,27H,1-4,7-8H2,(H,25,26). The quantitative estimate of drug-likeness (QED) is 0.720. The summed E-state index contributed by atoms with van der Waals surface area (Å²) >= 11 is 0. The van der Waals surface area contributed by atoms with Gasteiger partial charge in [-0.05, 0) is 12.8 Å². The van der Waals surface area contributed by atoms with E-state index in [0.717, 1.165) is 16.8 Å². The average Bonchev–Trinajstić information content (AvgIpc) is 2.92. The predicted octanol–water partition coefficient (Wildman–Crippen LogP) is 0.608. The van der Waals surface area contributed by atoms with Crippen LogP contribution in [-0.4, -0.2) is 56.4 Å².